The molecule has 0 radical (unpaired) electrons. The number of hydrogen-bond donors (Lipinski definition) is 2. The summed E-state index contributed by atoms with van der Waals surface area (Å²) in [6.45, 7) is 12.6. The third-order valence-corrected chi connectivity index (χ3v) is 3.43. The molecule has 1 aromatic rings. The number of nitrogens with zero attached hydrogens (tertiary/aromatic N) is 1. The highest BCUT2D eigenvalue weighted by Gasteiger charge is 2.10. The van der Waals surface area contributed by atoms with Gasteiger partial charge in [-0.2, -0.15) is 0 Å². The smallest absolute Gasteiger partial charge is 0.216 e. The van der Waals surface area contributed by atoms with Crippen molar-refractivity contribution in [1.29, 1.82) is 0 Å². The second kappa shape index (κ2) is 10.1. The van der Waals surface area contributed by atoms with E-state index in [2.05, 4.69) is 47.6 Å². The summed E-state index contributed by atoms with van der Waals surface area (Å²) >= 11 is 0. The summed E-state index contributed by atoms with van der Waals surface area (Å²) in [6.07, 6.45) is 0. The summed E-state index contributed by atoms with van der Waals surface area (Å²) in [4.78, 5) is 13.1. The molecule has 124 valence electrons. The molecule has 0 aliphatic rings. The predicted octanol–water partition coefficient (Wildman–Crippen LogP) is 2.16. The Bertz CT molecular complexity index is 459. The Balaban J connectivity index is 2.65. The first-order chi connectivity index (χ1) is 10.6. The Morgan fingerprint density at radius 1 is 1.18 bits per heavy atom. The standard InChI is InChI=1S/C17H29N3O2/c1-5-20(6-2)16-9-8-15(12-17(16)22-7-3)13-18-10-11-19-14(4)21/h8-9,12,18H,5-7,10-11,13H2,1-4H3,(H,19,21). The van der Waals surface area contributed by atoms with Crippen molar-refractivity contribution in [3.05, 3.63) is 23.8 Å². The highest BCUT2D eigenvalue weighted by Crippen LogP contribution is 2.29. The number of carbonyl (C=O) groups is 1. The van der Waals surface area contributed by atoms with Gasteiger partial charge in [0.1, 0.15) is 5.75 Å². The number of hydrogen-bond acceptors (Lipinski definition) is 4. The van der Waals surface area contributed by atoms with E-state index in [-0.39, 0.29) is 5.91 Å². The zero-order valence-corrected chi connectivity index (χ0v) is 14.2. The van der Waals surface area contributed by atoms with Crippen molar-refractivity contribution in [2.45, 2.75) is 34.2 Å². The monoisotopic (exact) mass is 307 g/mol. The van der Waals surface area contributed by atoms with Gasteiger partial charge in [0.15, 0.2) is 0 Å². The number of benzene rings is 1. The number of ether oxygens (including phenoxy) is 1. The molecule has 1 amide bonds. The molecule has 22 heavy (non-hydrogen) atoms. The minimum absolute atomic E-state index is 0.00371. The summed E-state index contributed by atoms with van der Waals surface area (Å²) in [6, 6.07) is 6.35. The molecule has 5 heteroatoms. The fraction of sp³-hybridized carbons (Fsp3) is 0.588. The highest BCUT2D eigenvalue weighted by atomic mass is 16.5. The molecule has 0 unspecified atom stereocenters. The second-order valence-electron chi connectivity index (χ2n) is 5.07. The fourth-order valence-electron chi connectivity index (χ4n) is 2.32. The van der Waals surface area contributed by atoms with Gasteiger partial charge in [-0.1, -0.05) is 6.07 Å². The third-order valence-electron chi connectivity index (χ3n) is 3.43. The molecule has 0 aromatic heterocycles. The maximum Gasteiger partial charge on any atom is 0.216 e. The first-order valence-corrected chi connectivity index (χ1v) is 8.08. The van der Waals surface area contributed by atoms with Crippen LogP contribution in [0.4, 0.5) is 5.69 Å². The van der Waals surface area contributed by atoms with Crippen LogP contribution in [-0.4, -0.2) is 38.7 Å². The van der Waals surface area contributed by atoms with Crippen LogP contribution in [0, 0.1) is 0 Å². The minimum atomic E-state index is 0.00371. The normalized spacial score (nSPS) is 10.4. The molecule has 0 saturated carbocycles. The van der Waals surface area contributed by atoms with Gasteiger partial charge in [-0.15, -0.1) is 0 Å². The van der Waals surface area contributed by atoms with Crippen LogP contribution in [-0.2, 0) is 11.3 Å². The quantitative estimate of drug-likeness (QED) is 0.650. The minimum Gasteiger partial charge on any atom is -0.492 e. The SMILES string of the molecule is CCOc1cc(CNCCNC(C)=O)ccc1N(CC)CC. The van der Waals surface area contributed by atoms with Crippen molar-refractivity contribution >= 4 is 11.6 Å². The Morgan fingerprint density at radius 3 is 2.50 bits per heavy atom. The van der Waals surface area contributed by atoms with Crippen molar-refractivity contribution in [2.24, 2.45) is 0 Å². The van der Waals surface area contributed by atoms with Crippen molar-refractivity contribution in [3.8, 4) is 5.75 Å². The molecule has 0 saturated heterocycles. The lowest BCUT2D eigenvalue weighted by Gasteiger charge is -2.24. The maximum atomic E-state index is 10.8. The molecule has 0 atom stereocenters. The van der Waals surface area contributed by atoms with E-state index in [4.69, 9.17) is 4.74 Å². The average Bonchev–Trinajstić information content (AvgIpc) is 2.50. The van der Waals surface area contributed by atoms with Crippen molar-refractivity contribution in [3.63, 3.8) is 0 Å². The summed E-state index contributed by atoms with van der Waals surface area (Å²) in [5.41, 5.74) is 2.33. The van der Waals surface area contributed by atoms with E-state index in [1.165, 1.54) is 12.5 Å². The van der Waals surface area contributed by atoms with Crippen molar-refractivity contribution in [1.82, 2.24) is 10.6 Å². The second-order valence-corrected chi connectivity index (χ2v) is 5.07. The van der Waals surface area contributed by atoms with E-state index in [9.17, 15) is 4.79 Å². The van der Waals surface area contributed by atoms with E-state index in [1.807, 2.05) is 6.92 Å². The number of rotatable bonds is 10. The number of anilines is 1. The van der Waals surface area contributed by atoms with Crippen molar-refractivity contribution < 1.29 is 9.53 Å². The van der Waals surface area contributed by atoms with E-state index in [1.54, 1.807) is 0 Å². The molecule has 2 N–H and O–H groups in total. The topological polar surface area (TPSA) is 53.6 Å². The Labute approximate surface area is 134 Å². The van der Waals surface area contributed by atoms with Gasteiger partial charge in [0.05, 0.1) is 12.3 Å². The van der Waals surface area contributed by atoms with Crippen LogP contribution in [0.1, 0.15) is 33.3 Å². The van der Waals surface area contributed by atoms with Gasteiger partial charge in [0.25, 0.3) is 0 Å². The molecule has 0 fully saturated rings. The maximum absolute atomic E-state index is 10.8. The van der Waals surface area contributed by atoms with Gasteiger partial charge < -0.3 is 20.3 Å². The summed E-state index contributed by atoms with van der Waals surface area (Å²) in [5, 5.41) is 6.09. The van der Waals surface area contributed by atoms with Gasteiger partial charge in [-0.3, -0.25) is 4.79 Å². The van der Waals surface area contributed by atoms with Crippen LogP contribution in [0.3, 0.4) is 0 Å². The third kappa shape index (κ3) is 5.93. The van der Waals surface area contributed by atoms with Crippen LogP contribution in [0.5, 0.6) is 5.75 Å². The predicted molar refractivity (Wildman–Crippen MR) is 91.6 cm³/mol. The molecule has 0 bridgehead atoms. The van der Waals surface area contributed by atoms with Crippen LogP contribution in [0.2, 0.25) is 0 Å². The fourth-order valence-corrected chi connectivity index (χ4v) is 2.32. The van der Waals surface area contributed by atoms with Crippen LogP contribution >= 0.6 is 0 Å². The average molecular weight is 307 g/mol. The van der Waals surface area contributed by atoms with Gasteiger partial charge in [-0.25, -0.2) is 0 Å². The Hall–Kier alpha value is -1.75. The number of amides is 1. The molecule has 5 nitrogen and oxygen atoms in total. The highest BCUT2D eigenvalue weighted by molar-refractivity contribution is 5.72. The van der Waals surface area contributed by atoms with Crippen molar-refractivity contribution in [2.75, 3.05) is 37.7 Å². The van der Waals surface area contributed by atoms with E-state index in [0.717, 1.165) is 37.6 Å². The lowest BCUT2D eigenvalue weighted by atomic mass is 10.1. The molecule has 0 aliphatic heterocycles. The van der Waals surface area contributed by atoms with Gasteiger partial charge >= 0.3 is 0 Å². The van der Waals surface area contributed by atoms with Crippen LogP contribution in [0.15, 0.2) is 18.2 Å². The first kappa shape index (κ1) is 18.3. The van der Waals surface area contributed by atoms with E-state index >= 15 is 0 Å². The molecule has 0 heterocycles. The van der Waals surface area contributed by atoms with Crippen LogP contribution < -0.4 is 20.3 Å². The van der Waals surface area contributed by atoms with Crippen LogP contribution in [0.25, 0.3) is 0 Å². The Kier molecular flexibility index (Phi) is 8.36. The summed E-state index contributed by atoms with van der Waals surface area (Å²) in [5.74, 6) is 0.941. The first-order valence-electron chi connectivity index (χ1n) is 8.08. The molecule has 0 aliphatic carbocycles. The van der Waals surface area contributed by atoms with Gasteiger partial charge in [0, 0.05) is 39.6 Å². The van der Waals surface area contributed by atoms with E-state index in [0.29, 0.717) is 13.2 Å². The lowest BCUT2D eigenvalue weighted by Crippen LogP contribution is -2.29. The van der Waals surface area contributed by atoms with Gasteiger partial charge in [-0.05, 0) is 38.5 Å². The molecule has 1 rings (SSSR count). The summed E-state index contributed by atoms with van der Waals surface area (Å²) < 4.78 is 5.79. The molecular weight excluding hydrogens is 278 g/mol. The zero-order chi connectivity index (χ0) is 16.4. The number of carbonyl (C=O) groups excluding carboxylic acids is 1. The summed E-state index contributed by atoms with van der Waals surface area (Å²) in [7, 11) is 0. The van der Waals surface area contributed by atoms with Gasteiger partial charge in [0.2, 0.25) is 5.91 Å². The molecule has 1 aromatic carbocycles. The molecular formula is C17H29N3O2. The number of nitrogens with one attached hydrogen (secondary N) is 2. The van der Waals surface area contributed by atoms with E-state index < -0.39 is 0 Å². The largest absolute Gasteiger partial charge is 0.492 e. The zero-order valence-electron chi connectivity index (χ0n) is 14.2. The Morgan fingerprint density at radius 2 is 1.91 bits per heavy atom. The molecule has 0 spiro atoms. The lowest BCUT2D eigenvalue weighted by molar-refractivity contribution is -0.118.